The highest BCUT2D eigenvalue weighted by molar-refractivity contribution is 4.58. The lowest BCUT2D eigenvalue weighted by Crippen LogP contribution is -2.50. The standard InChI is InChI=1S/C7H16NO3/c1-8(2-4-9,3-5-10)7-6-11-7/h7,9-10H,2-6H2,1H3/q+1. The maximum absolute atomic E-state index is 8.75. The molecule has 1 aliphatic heterocycles. The number of aliphatic hydroxyl groups is 2. The maximum Gasteiger partial charge on any atom is 0.217 e. The summed E-state index contributed by atoms with van der Waals surface area (Å²) >= 11 is 0. The second kappa shape index (κ2) is 3.49. The quantitative estimate of drug-likeness (QED) is 0.393. The predicted octanol–water partition coefficient (Wildman–Crippen LogP) is -1.23. The van der Waals surface area contributed by atoms with Gasteiger partial charge in [-0.05, 0) is 0 Å². The molecule has 1 rings (SSSR count). The third-order valence-corrected chi connectivity index (χ3v) is 2.23. The van der Waals surface area contributed by atoms with Crippen molar-refractivity contribution in [3.8, 4) is 0 Å². The second-order valence-electron chi connectivity index (χ2n) is 3.16. The molecule has 0 amide bonds. The molecule has 66 valence electrons. The highest BCUT2D eigenvalue weighted by Crippen LogP contribution is 2.21. The van der Waals surface area contributed by atoms with Gasteiger partial charge in [-0.3, -0.25) is 4.48 Å². The molecule has 1 saturated heterocycles. The van der Waals surface area contributed by atoms with Gasteiger partial charge in [0.15, 0.2) is 0 Å². The van der Waals surface area contributed by atoms with Crippen LogP contribution in [0, 0.1) is 0 Å². The zero-order chi connectivity index (χ0) is 8.32. The Morgan fingerprint density at radius 1 is 1.36 bits per heavy atom. The van der Waals surface area contributed by atoms with Crippen LogP contribution in [0.3, 0.4) is 0 Å². The van der Waals surface area contributed by atoms with Gasteiger partial charge in [-0.15, -0.1) is 0 Å². The van der Waals surface area contributed by atoms with Crippen LogP contribution < -0.4 is 0 Å². The number of epoxide rings is 1. The summed E-state index contributed by atoms with van der Waals surface area (Å²) in [6.45, 7) is 2.37. The number of likely N-dealkylation sites (N-methyl/N-ethyl adjacent to an activating group) is 1. The number of ether oxygens (including phenoxy) is 1. The van der Waals surface area contributed by atoms with E-state index < -0.39 is 0 Å². The Hall–Kier alpha value is -0.160. The number of aliphatic hydroxyl groups excluding tert-OH is 2. The van der Waals surface area contributed by atoms with Crippen LogP contribution in [0.1, 0.15) is 0 Å². The Bertz CT molecular complexity index is 119. The Morgan fingerprint density at radius 3 is 2.09 bits per heavy atom. The number of hydrogen-bond acceptors (Lipinski definition) is 3. The van der Waals surface area contributed by atoms with Crippen molar-refractivity contribution in [1.82, 2.24) is 0 Å². The largest absolute Gasteiger partial charge is 0.391 e. The van der Waals surface area contributed by atoms with E-state index in [4.69, 9.17) is 14.9 Å². The molecular weight excluding hydrogens is 146 g/mol. The highest BCUT2D eigenvalue weighted by Gasteiger charge is 2.42. The molecule has 4 nitrogen and oxygen atoms in total. The fraction of sp³-hybridized carbons (Fsp3) is 1.00. The molecule has 11 heavy (non-hydrogen) atoms. The van der Waals surface area contributed by atoms with Crippen molar-refractivity contribution in [3.63, 3.8) is 0 Å². The van der Waals surface area contributed by atoms with E-state index >= 15 is 0 Å². The van der Waals surface area contributed by atoms with E-state index in [1.165, 1.54) is 0 Å². The van der Waals surface area contributed by atoms with Gasteiger partial charge in [-0.1, -0.05) is 0 Å². The van der Waals surface area contributed by atoms with Crippen LogP contribution in [-0.4, -0.2) is 60.9 Å². The van der Waals surface area contributed by atoms with Crippen molar-refractivity contribution in [3.05, 3.63) is 0 Å². The van der Waals surface area contributed by atoms with Gasteiger partial charge in [0.1, 0.15) is 19.7 Å². The van der Waals surface area contributed by atoms with Gasteiger partial charge < -0.3 is 14.9 Å². The minimum atomic E-state index is 0.149. The summed E-state index contributed by atoms with van der Waals surface area (Å²) in [7, 11) is 1.99. The van der Waals surface area contributed by atoms with Crippen LogP contribution >= 0.6 is 0 Å². The van der Waals surface area contributed by atoms with Crippen LogP contribution in [0.25, 0.3) is 0 Å². The average Bonchev–Trinajstić information content (AvgIpc) is 2.68. The van der Waals surface area contributed by atoms with Crippen LogP contribution in [-0.2, 0) is 4.74 Å². The molecule has 0 aromatic carbocycles. The van der Waals surface area contributed by atoms with Crippen molar-refractivity contribution in [2.75, 3.05) is 40.0 Å². The highest BCUT2D eigenvalue weighted by atomic mass is 16.6. The number of nitrogens with zero attached hydrogens (tertiary/aromatic N) is 1. The first-order valence-corrected chi connectivity index (χ1v) is 3.90. The van der Waals surface area contributed by atoms with E-state index in [2.05, 4.69) is 0 Å². The first-order chi connectivity index (χ1) is 5.23. The summed E-state index contributed by atoms with van der Waals surface area (Å²) < 4.78 is 5.76. The molecule has 0 spiro atoms. The molecule has 2 N–H and O–H groups in total. The average molecular weight is 162 g/mol. The van der Waals surface area contributed by atoms with Crippen LogP contribution in [0.4, 0.5) is 0 Å². The van der Waals surface area contributed by atoms with Gasteiger partial charge in [-0.25, -0.2) is 0 Å². The molecule has 1 aliphatic rings. The van der Waals surface area contributed by atoms with Crippen molar-refractivity contribution in [2.24, 2.45) is 0 Å². The monoisotopic (exact) mass is 162 g/mol. The summed E-state index contributed by atoms with van der Waals surface area (Å²) in [4.78, 5) is 0. The molecule has 1 heterocycles. The molecule has 0 aromatic heterocycles. The van der Waals surface area contributed by atoms with E-state index in [-0.39, 0.29) is 19.4 Å². The normalized spacial score (nSPS) is 23.7. The second-order valence-corrected chi connectivity index (χ2v) is 3.16. The number of hydrogen-bond donors (Lipinski definition) is 2. The van der Waals surface area contributed by atoms with E-state index in [9.17, 15) is 0 Å². The zero-order valence-corrected chi connectivity index (χ0v) is 6.86. The summed E-state index contributed by atoms with van der Waals surface area (Å²) in [6.07, 6.45) is 0.203. The predicted molar refractivity (Wildman–Crippen MR) is 39.8 cm³/mol. The van der Waals surface area contributed by atoms with Gasteiger partial charge in [0.25, 0.3) is 0 Å². The Morgan fingerprint density at radius 2 is 1.82 bits per heavy atom. The zero-order valence-electron chi connectivity index (χ0n) is 6.86. The SMILES string of the molecule is C[N+](CCO)(CCO)C1CO1. The lowest BCUT2D eigenvalue weighted by atomic mass is 10.4. The molecule has 0 radical (unpaired) electrons. The Kier molecular flexibility index (Phi) is 2.84. The van der Waals surface area contributed by atoms with E-state index in [1.54, 1.807) is 0 Å². The van der Waals surface area contributed by atoms with Crippen molar-refractivity contribution < 1.29 is 19.4 Å². The van der Waals surface area contributed by atoms with Gasteiger partial charge >= 0.3 is 0 Å². The topological polar surface area (TPSA) is 53.0 Å². The lowest BCUT2D eigenvalue weighted by molar-refractivity contribution is -0.929. The summed E-state index contributed by atoms with van der Waals surface area (Å²) in [6, 6.07) is 0. The molecular formula is C7H16NO3+. The van der Waals surface area contributed by atoms with Gasteiger partial charge in [0, 0.05) is 0 Å². The van der Waals surface area contributed by atoms with E-state index in [0.29, 0.717) is 17.6 Å². The molecule has 0 bridgehead atoms. The summed E-state index contributed by atoms with van der Waals surface area (Å²) in [5.74, 6) is 0. The maximum atomic E-state index is 8.75. The third kappa shape index (κ3) is 2.13. The van der Waals surface area contributed by atoms with Crippen LogP contribution in [0.5, 0.6) is 0 Å². The molecule has 4 heteroatoms. The minimum Gasteiger partial charge on any atom is -0.391 e. The van der Waals surface area contributed by atoms with Crippen LogP contribution in [0.15, 0.2) is 0 Å². The third-order valence-electron chi connectivity index (χ3n) is 2.23. The van der Waals surface area contributed by atoms with E-state index in [1.807, 2.05) is 7.05 Å². The Labute approximate surface area is 66.6 Å². The van der Waals surface area contributed by atoms with Crippen LogP contribution in [0.2, 0.25) is 0 Å². The van der Waals surface area contributed by atoms with Crippen molar-refractivity contribution in [1.29, 1.82) is 0 Å². The van der Waals surface area contributed by atoms with E-state index in [0.717, 1.165) is 6.61 Å². The van der Waals surface area contributed by atoms with Crippen molar-refractivity contribution >= 4 is 0 Å². The number of quaternary nitrogens is 1. The lowest BCUT2D eigenvalue weighted by Gasteiger charge is -2.31. The molecule has 0 saturated carbocycles. The fourth-order valence-electron chi connectivity index (χ4n) is 1.26. The molecule has 0 aromatic rings. The minimum absolute atomic E-state index is 0.149. The van der Waals surface area contributed by atoms with Gasteiger partial charge in [-0.2, -0.15) is 0 Å². The molecule has 0 aliphatic carbocycles. The summed E-state index contributed by atoms with van der Waals surface area (Å²) in [5.41, 5.74) is 0. The molecule has 1 unspecified atom stereocenters. The van der Waals surface area contributed by atoms with Gasteiger partial charge in [0.05, 0.1) is 20.3 Å². The molecule has 1 atom stereocenters. The first-order valence-electron chi connectivity index (χ1n) is 3.90. The van der Waals surface area contributed by atoms with Gasteiger partial charge in [0.2, 0.25) is 6.23 Å². The number of rotatable bonds is 5. The van der Waals surface area contributed by atoms with Crippen molar-refractivity contribution in [2.45, 2.75) is 6.23 Å². The smallest absolute Gasteiger partial charge is 0.217 e. The fourth-order valence-corrected chi connectivity index (χ4v) is 1.26. The molecule has 1 fully saturated rings. The summed E-state index contributed by atoms with van der Waals surface area (Å²) in [5, 5.41) is 17.5. The Balaban J connectivity index is 2.39. The first kappa shape index (κ1) is 8.93.